The zero-order chi connectivity index (χ0) is 20.2. The Morgan fingerprint density at radius 3 is 2.45 bits per heavy atom. The van der Waals surface area contributed by atoms with Crippen LogP contribution in [0.1, 0.15) is 5.82 Å². The summed E-state index contributed by atoms with van der Waals surface area (Å²) >= 11 is 0. The Balaban J connectivity index is 1.38. The van der Waals surface area contributed by atoms with Gasteiger partial charge in [-0.25, -0.2) is 19.7 Å². The number of rotatable bonds is 4. The first kappa shape index (κ1) is 18.7. The first-order chi connectivity index (χ1) is 14.1. The third-order valence-electron chi connectivity index (χ3n) is 4.81. The van der Waals surface area contributed by atoms with Gasteiger partial charge in [0.15, 0.2) is 0 Å². The van der Waals surface area contributed by atoms with Gasteiger partial charge in [-0.3, -0.25) is 4.57 Å². The molecule has 9 nitrogen and oxygen atoms in total. The van der Waals surface area contributed by atoms with Crippen molar-refractivity contribution in [1.29, 1.82) is 0 Å². The highest BCUT2D eigenvalue weighted by Gasteiger charge is 2.22. The second-order valence-electron chi connectivity index (χ2n) is 6.73. The maximum absolute atomic E-state index is 12.6. The average Bonchev–Trinajstić information content (AvgIpc) is 3.29. The van der Waals surface area contributed by atoms with Crippen LogP contribution in [0.3, 0.4) is 0 Å². The largest absolute Gasteiger partial charge is 0.497 e. The van der Waals surface area contributed by atoms with Crippen molar-refractivity contribution in [1.82, 2.24) is 24.4 Å². The molecule has 1 aliphatic rings. The van der Waals surface area contributed by atoms with Gasteiger partial charge in [-0.15, -0.1) is 0 Å². The van der Waals surface area contributed by atoms with E-state index in [4.69, 9.17) is 4.74 Å². The number of hydrogen-bond donors (Lipinski definition) is 1. The van der Waals surface area contributed by atoms with Crippen molar-refractivity contribution in [2.24, 2.45) is 0 Å². The van der Waals surface area contributed by atoms with E-state index in [1.807, 2.05) is 52.9 Å². The van der Waals surface area contributed by atoms with E-state index < -0.39 is 0 Å². The van der Waals surface area contributed by atoms with Crippen LogP contribution in [-0.4, -0.2) is 63.7 Å². The Kier molecular flexibility index (Phi) is 5.28. The zero-order valence-electron chi connectivity index (χ0n) is 16.4. The van der Waals surface area contributed by atoms with Gasteiger partial charge in [0.1, 0.15) is 29.5 Å². The lowest BCUT2D eigenvalue weighted by molar-refractivity contribution is 0.208. The summed E-state index contributed by atoms with van der Waals surface area (Å²) in [4.78, 5) is 29.7. The number of aryl methyl sites for hydroxylation is 1. The second kappa shape index (κ2) is 8.17. The molecule has 0 atom stereocenters. The minimum Gasteiger partial charge on any atom is -0.497 e. The number of amides is 2. The molecule has 0 saturated carbocycles. The van der Waals surface area contributed by atoms with Crippen LogP contribution in [-0.2, 0) is 0 Å². The molecule has 1 saturated heterocycles. The van der Waals surface area contributed by atoms with Crippen molar-refractivity contribution in [3.05, 3.63) is 54.9 Å². The van der Waals surface area contributed by atoms with Gasteiger partial charge in [0, 0.05) is 50.3 Å². The van der Waals surface area contributed by atoms with Gasteiger partial charge >= 0.3 is 6.03 Å². The molecule has 2 amide bonds. The summed E-state index contributed by atoms with van der Waals surface area (Å²) in [6.07, 6.45) is 5.29. The molecule has 0 bridgehead atoms. The number of piperazine rings is 1. The van der Waals surface area contributed by atoms with E-state index in [0.717, 1.165) is 23.1 Å². The van der Waals surface area contributed by atoms with Crippen molar-refractivity contribution in [2.45, 2.75) is 6.92 Å². The molecule has 4 rings (SSSR count). The van der Waals surface area contributed by atoms with Gasteiger partial charge in [-0.05, 0) is 31.2 Å². The fraction of sp³-hybridized carbons (Fsp3) is 0.300. The molecule has 1 aliphatic heterocycles. The molecule has 0 unspecified atom stereocenters. The minimum absolute atomic E-state index is 0.104. The number of benzene rings is 1. The molecule has 29 heavy (non-hydrogen) atoms. The van der Waals surface area contributed by atoms with Gasteiger partial charge in [0.2, 0.25) is 0 Å². The highest BCUT2D eigenvalue weighted by atomic mass is 16.5. The van der Waals surface area contributed by atoms with Crippen LogP contribution in [0, 0.1) is 6.92 Å². The molecule has 3 heterocycles. The lowest BCUT2D eigenvalue weighted by Gasteiger charge is -2.35. The van der Waals surface area contributed by atoms with E-state index in [9.17, 15) is 4.79 Å². The van der Waals surface area contributed by atoms with Crippen molar-refractivity contribution in [3.63, 3.8) is 0 Å². The quantitative estimate of drug-likeness (QED) is 0.732. The van der Waals surface area contributed by atoms with Gasteiger partial charge < -0.3 is 19.9 Å². The van der Waals surface area contributed by atoms with E-state index in [0.29, 0.717) is 32.0 Å². The van der Waals surface area contributed by atoms with E-state index in [1.54, 1.807) is 19.6 Å². The third-order valence-corrected chi connectivity index (χ3v) is 4.81. The number of nitrogens with one attached hydrogen (secondary N) is 1. The fourth-order valence-electron chi connectivity index (χ4n) is 3.24. The zero-order valence-corrected chi connectivity index (χ0v) is 16.4. The van der Waals surface area contributed by atoms with E-state index in [2.05, 4.69) is 25.2 Å². The first-order valence-electron chi connectivity index (χ1n) is 9.41. The molecule has 150 valence electrons. The maximum Gasteiger partial charge on any atom is 0.321 e. The van der Waals surface area contributed by atoms with Crippen LogP contribution in [0.15, 0.2) is 49.1 Å². The predicted octanol–water partition coefficient (Wildman–Crippen LogP) is 2.33. The van der Waals surface area contributed by atoms with Crippen LogP contribution in [0.2, 0.25) is 0 Å². The number of hydrogen-bond acceptors (Lipinski definition) is 6. The molecule has 9 heteroatoms. The maximum atomic E-state index is 12.6. The fourth-order valence-corrected chi connectivity index (χ4v) is 3.24. The standard InChI is InChI=1S/C20H23N7O2/c1-15-22-18(13-19(23-15)27-8-7-21-14-27)25-9-11-26(12-10-25)20(28)24-16-3-5-17(29-2)6-4-16/h3-8,13-14H,9-12H2,1-2H3,(H,24,28). The minimum atomic E-state index is -0.104. The van der Waals surface area contributed by atoms with Crippen LogP contribution < -0.4 is 15.0 Å². The summed E-state index contributed by atoms with van der Waals surface area (Å²) in [5.41, 5.74) is 0.745. The average molecular weight is 393 g/mol. The molecular formula is C20H23N7O2. The third kappa shape index (κ3) is 4.29. The number of anilines is 2. The van der Waals surface area contributed by atoms with Crippen molar-refractivity contribution in [3.8, 4) is 11.6 Å². The molecule has 1 aromatic carbocycles. The Morgan fingerprint density at radius 1 is 1.07 bits per heavy atom. The van der Waals surface area contributed by atoms with Crippen molar-refractivity contribution >= 4 is 17.5 Å². The van der Waals surface area contributed by atoms with Gasteiger partial charge in [-0.1, -0.05) is 0 Å². The summed E-state index contributed by atoms with van der Waals surface area (Å²) in [5, 5.41) is 2.93. The van der Waals surface area contributed by atoms with E-state index in [-0.39, 0.29) is 6.03 Å². The molecule has 2 aromatic heterocycles. The van der Waals surface area contributed by atoms with E-state index in [1.165, 1.54) is 0 Å². The Hall–Kier alpha value is -3.62. The molecule has 1 N–H and O–H groups in total. The lowest BCUT2D eigenvalue weighted by Crippen LogP contribution is -2.50. The molecule has 0 spiro atoms. The van der Waals surface area contributed by atoms with Crippen molar-refractivity contribution < 1.29 is 9.53 Å². The topological polar surface area (TPSA) is 88.4 Å². The molecule has 0 radical (unpaired) electrons. The summed E-state index contributed by atoms with van der Waals surface area (Å²) in [5.74, 6) is 3.10. The number of urea groups is 1. The predicted molar refractivity (Wildman–Crippen MR) is 110 cm³/mol. The lowest BCUT2D eigenvalue weighted by atomic mass is 10.3. The summed E-state index contributed by atoms with van der Waals surface area (Å²) in [6.45, 7) is 4.52. The summed E-state index contributed by atoms with van der Waals surface area (Å²) < 4.78 is 7.00. The van der Waals surface area contributed by atoms with Gasteiger partial charge in [0.25, 0.3) is 0 Å². The van der Waals surface area contributed by atoms with Crippen molar-refractivity contribution in [2.75, 3.05) is 43.5 Å². The normalized spacial score (nSPS) is 14.0. The molecule has 0 aliphatic carbocycles. The van der Waals surface area contributed by atoms with Gasteiger partial charge in [-0.2, -0.15) is 0 Å². The van der Waals surface area contributed by atoms with Crippen LogP contribution in [0.25, 0.3) is 5.82 Å². The number of carbonyl (C=O) groups excluding carboxylic acids is 1. The molecule has 3 aromatic rings. The monoisotopic (exact) mass is 393 g/mol. The number of ether oxygens (including phenoxy) is 1. The molecular weight excluding hydrogens is 370 g/mol. The number of carbonyl (C=O) groups is 1. The highest BCUT2D eigenvalue weighted by molar-refractivity contribution is 5.89. The van der Waals surface area contributed by atoms with Crippen LogP contribution in [0.4, 0.5) is 16.3 Å². The Morgan fingerprint density at radius 2 is 1.79 bits per heavy atom. The summed E-state index contributed by atoms with van der Waals surface area (Å²) in [6, 6.07) is 9.14. The molecule has 1 fully saturated rings. The highest BCUT2D eigenvalue weighted by Crippen LogP contribution is 2.19. The van der Waals surface area contributed by atoms with Crippen LogP contribution >= 0.6 is 0 Å². The summed E-state index contributed by atoms with van der Waals surface area (Å²) in [7, 11) is 1.62. The number of imidazole rings is 1. The number of nitrogens with zero attached hydrogens (tertiary/aromatic N) is 6. The Bertz CT molecular complexity index is 965. The Labute approximate surface area is 169 Å². The number of methoxy groups -OCH3 is 1. The first-order valence-corrected chi connectivity index (χ1v) is 9.41. The second-order valence-corrected chi connectivity index (χ2v) is 6.73. The smallest absolute Gasteiger partial charge is 0.321 e. The SMILES string of the molecule is COc1ccc(NC(=O)N2CCN(c3cc(-n4ccnc4)nc(C)n3)CC2)cc1. The number of aromatic nitrogens is 4. The van der Waals surface area contributed by atoms with E-state index >= 15 is 0 Å². The van der Waals surface area contributed by atoms with Crippen LogP contribution in [0.5, 0.6) is 5.75 Å². The van der Waals surface area contributed by atoms with Gasteiger partial charge in [0.05, 0.1) is 7.11 Å².